The highest BCUT2D eigenvalue weighted by atomic mass is 16.5. The molecule has 0 saturated heterocycles. The number of nitrogens with zero attached hydrogens (tertiary/aromatic N) is 1. The second-order valence-electron chi connectivity index (χ2n) is 11.1. The van der Waals surface area contributed by atoms with Gasteiger partial charge in [0.2, 0.25) is 0 Å². The Morgan fingerprint density at radius 3 is 1.94 bits per heavy atom. The van der Waals surface area contributed by atoms with Crippen LogP contribution in [0.5, 0.6) is 5.75 Å². The Bertz CT molecular complexity index is 881. The third-order valence-electron chi connectivity index (χ3n) is 5.16. The van der Waals surface area contributed by atoms with E-state index in [0.29, 0.717) is 5.75 Å². The van der Waals surface area contributed by atoms with Crippen LogP contribution in [0.15, 0.2) is 53.6 Å². The van der Waals surface area contributed by atoms with Gasteiger partial charge in [-0.25, -0.2) is 5.43 Å². The lowest BCUT2D eigenvalue weighted by atomic mass is 9.72. The molecule has 168 valence electrons. The van der Waals surface area contributed by atoms with E-state index in [1.54, 1.807) is 6.21 Å². The summed E-state index contributed by atoms with van der Waals surface area (Å²) in [6, 6.07) is 16.2. The molecule has 0 aromatic heterocycles. The van der Waals surface area contributed by atoms with E-state index in [1.807, 2.05) is 24.3 Å². The van der Waals surface area contributed by atoms with E-state index >= 15 is 0 Å². The first-order valence-corrected chi connectivity index (χ1v) is 10.9. The molecule has 0 aliphatic rings. The summed E-state index contributed by atoms with van der Waals surface area (Å²) in [6.07, 6.45) is 2.72. The Kier molecular flexibility index (Phi) is 7.69. The number of nitrogens with one attached hydrogen (secondary N) is 1. The zero-order valence-electron chi connectivity index (χ0n) is 20.4. The van der Waals surface area contributed by atoms with Gasteiger partial charge < -0.3 is 4.74 Å². The fourth-order valence-corrected chi connectivity index (χ4v) is 3.86. The van der Waals surface area contributed by atoms with Gasteiger partial charge in [0.05, 0.1) is 6.21 Å². The first-order chi connectivity index (χ1) is 14.3. The molecular formula is C27H38N2O2. The molecule has 1 amide bonds. The first kappa shape index (κ1) is 24.6. The predicted octanol–water partition coefficient (Wildman–Crippen LogP) is 6.23. The second kappa shape index (κ2) is 9.67. The normalized spacial score (nSPS) is 12.8. The average molecular weight is 423 g/mol. The van der Waals surface area contributed by atoms with Crippen molar-refractivity contribution in [2.45, 2.75) is 72.6 Å². The Labute approximate surface area is 188 Å². The molecule has 1 N–H and O–H groups in total. The van der Waals surface area contributed by atoms with Crippen LogP contribution in [-0.4, -0.2) is 18.7 Å². The maximum Gasteiger partial charge on any atom is 0.277 e. The molecule has 2 rings (SSSR count). The van der Waals surface area contributed by atoms with Crippen LogP contribution in [0.25, 0.3) is 0 Å². The van der Waals surface area contributed by atoms with Crippen molar-refractivity contribution in [3.05, 3.63) is 65.2 Å². The zero-order valence-corrected chi connectivity index (χ0v) is 20.4. The number of hydrogen-bond donors (Lipinski definition) is 1. The molecule has 0 unspecified atom stereocenters. The molecule has 0 bridgehead atoms. The third kappa shape index (κ3) is 8.20. The van der Waals surface area contributed by atoms with Gasteiger partial charge in [0.25, 0.3) is 5.91 Å². The molecule has 0 radical (unpaired) electrons. The Hall–Kier alpha value is -2.62. The van der Waals surface area contributed by atoms with Crippen molar-refractivity contribution in [2.24, 2.45) is 10.5 Å². The predicted molar refractivity (Wildman–Crippen MR) is 130 cm³/mol. The highest BCUT2D eigenvalue weighted by molar-refractivity contribution is 5.83. The summed E-state index contributed by atoms with van der Waals surface area (Å²) < 4.78 is 5.61. The van der Waals surface area contributed by atoms with Gasteiger partial charge in [0, 0.05) is 0 Å². The van der Waals surface area contributed by atoms with Crippen LogP contribution in [0.2, 0.25) is 0 Å². The van der Waals surface area contributed by atoms with Gasteiger partial charge in [0.1, 0.15) is 5.75 Å². The lowest BCUT2D eigenvalue weighted by molar-refractivity contribution is -0.123. The van der Waals surface area contributed by atoms with Crippen molar-refractivity contribution >= 4 is 12.1 Å². The van der Waals surface area contributed by atoms with E-state index in [9.17, 15) is 4.79 Å². The first-order valence-electron chi connectivity index (χ1n) is 10.9. The van der Waals surface area contributed by atoms with E-state index in [-0.39, 0.29) is 28.8 Å². The van der Waals surface area contributed by atoms with Gasteiger partial charge in [-0.1, -0.05) is 91.8 Å². The molecule has 0 saturated carbocycles. The monoisotopic (exact) mass is 422 g/mol. The van der Waals surface area contributed by atoms with E-state index < -0.39 is 0 Å². The Morgan fingerprint density at radius 2 is 1.42 bits per heavy atom. The summed E-state index contributed by atoms with van der Waals surface area (Å²) in [7, 11) is 0. The number of hydrogen-bond acceptors (Lipinski definition) is 3. The molecule has 2 aromatic carbocycles. The molecule has 31 heavy (non-hydrogen) atoms. The largest absolute Gasteiger partial charge is 0.484 e. The topological polar surface area (TPSA) is 50.7 Å². The van der Waals surface area contributed by atoms with Crippen molar-refractivity contribution in [3.8, 4) is 5.75 Å². The van der Waals surface area contributed by atoms with Gasteiger partial charge in [-0.2, -0.15) is 5.10 Å². The van der Waals surface area contributed by atoms with Gasteiger partial charge in [-0.15, -0.1) is 0 Å². The lowest BCUT2D eigenvalue weighted by Crippen LogP contribution is -2.25. The number of ether oxygens (including phenoxy) is 1. The van der Waals surface area contributed by atoms with E-state index in [0.717, 1.165) is 12.0 Å². The number of amides is 1. The molecule has 4 nitrogen and oxygen atoms in total. The van der Waals surface area contributed by atoms with Crippen LogP contribution in [0.4, 0.5) is 0 Å². The minimum absolute atomic E-state index is 0.0773. The molecular weight excluding hydrogens is 384 g/mol. The van der Waals surface area contributed by atoms with Crippen LogP contribution in [-0.2, 0) is 15.6 Å². The number of hydrazone groups is 1. The Balaban J connectivity index is 1.84. The van der Waals surface area contributed by atoms with Gasteiger partial charge >= 0.3 is 0 Å². The van der Waals surface area contributed by atoms with Crippen LogP contribution in [0.1, 0.15) is 78.5 Å². The fraction of sp³-hybridized carbons (Fsp3) is 0.481. The SMILES string of the molecule is CC(C)(C)CC(C)(C)c1ccc(OCC(=O)N/N=C/c2ccc(C(C)(C)C)cc2)cc1. The number of carbonyl (C=O) groups is 1. The van der Waals surface area contributed by atoms with Crippen molar-refractivity contribution < 1.29 is 9.53 Å². The molecule has 0 heterocycles. The summed E-state index contributed by atoms with van der Waals surface area (Å²) in [5.74, 6) is 0.381. The van der Waals surface area contributed by atoms with Crippen LogP contribution in [0.3, 0.4) is 0 Å². The summed E-state index contributed by atoms with van der Waals surface area (Å²) in [5.41, 5.74) is 6.42. The van der Waals surface area contributed by atoms with Crippen molar-refractivity contribution in [3.63, 3.8) is 0 Å². The molecule has 0 spiro atoms. The van der Waals surface area contributed by atoms with E-state index in [1.165, 1.54) is 11.1 Å². The second-order valence-corrected chi connectivity index (χ2v) is 11.1. The maximum absolute atomic E-state index is 12.0. The molecule has 0 fully saturated rings. The number of rotatable bonds is 7. The van der Waals surface area contributed by atoms with Gasteiger partial charge in [-0.3, -0.25) is 4.79 Å². The fourth-order valence-electron chi connectivity index (χ4n) is 3.86. The minimum Gasteiger partial charge on any atom is -0.484 e. The summed E-state index contributed by atoms with van der Waals surface area (Å²) >= 11 is 0. The number of benzene rings is 2. The standard InChI is InChI=1S/C27H38N2O2/c1-25(2,3)19-27(7,8)22-13-15-23(16-14-22)31-18-24(30)29-28-17-20-9-11-21(12-10-20)26(4,5)6/h9-17H,18-19H2,1-8H3,(H,29,30)/b28-17+. The lowest BCUT2D eigenvalue weighted by Gasteiger charge is -2.33. The molecule has 4 heteroatoms. The van der Waals surface area contributed by atoms with Crippen LogP contribution < -0.4 is 10.2 Å². The van der Waals surface area contributed by atoms with E-state index in [2.05, 4.69) is 90.2 Å². The van der Waals surface area contributed by atoms with Crippen molar-refractivity contribution in [1.29, 1.82) is 0 Å². The van der Waals surface area contributed by atoms with Crippen LogP contribution >= 0.6 is 0 Å². The molecule has 0 atom stereocenters. The van der Waals surface area contributed by atoms with E-state index in [4.69, 9.17) is 4.74 Å². The quantitative estimate of drug-likeness (QED) is 0.425. The molecule has 2 aromatic rings. The Morgan fingerprint density at radius 1 is 0.871 bits per heavy atom. The highest BCUT2D eigenvalue weighted by Gasteiger charge is 2.27. The van der Waals surface area contributed by atoms with Gasteiger partial charge in [0.15, 0.2) is 6.61 Å². The van der Waals surface area contributed by atoms with Crippen LogP contribution in [0, 0.1) is 5.41 Å². The minimum atomic E-state index is -0.292. The number of carbonyl (C=O) groups excluding carboxylic acids is 1. The average Bonchev–Trinajstić information content (AvgIpc) is 2.64. The zero-order chi connectivity index (χ0) is 23.3. The summed E-state index contributed by atoms with van der Waals surface area (Å²) in [4.78, 5) is 12.0. The highest BCUT2D eigenvalue weighted by Crippen LogP contribution is 2.36. The molecule has 0 aliphatic heterocycles. The maximum atomic E-state index is 12.0. The summed E-state index contributed by atoms with van der Waals surface area (Å²) in [5, 5.41) is 4.02. The molecule has 0 aliphatic carbocycles. The van der Waals surface area contributed by atoms with Gasteiger partial charge in [-0.05, 0) is 51.5 Å². The van der Waals surface area contributed by atoms with Crippen molar-refractivity contribution in [1.82, 2.24) is 5.43 Å². The smallest absolute Gasteiger partial charge is 0.277 e. The summed E-state index contributed by atoms with van der Waals surface area (Å²) in [6.45, 7) is 17.7. The van der Waals surface area contributed by atoms with Crippen molar-refractivity contribution in [2.75, 3.05) is 6.61 Å². The third-order valence-corrected chi connectivity index (χ3v) is 5.16.